The highest BCUT2D eigenvalue weighted by atomic mass is 16.5. The van der Waals surface area contributed by atoms with Crippen LogP contribution in [0, 0.1) is 5.92 Å². The summed E-state index contributed by atoms with van der Waals surface area (Å²) in [6.45, 7) is 2.79. The first-order valence-corrected chi connectivity index (χ1v) is 8.45. The lowest BCUT2D eigenvalue weighted by Crippen LogP contribution is -2.37. The van der Waals surface area contributed by atoms with E-state index in [2.05, 4.69) is 12.1 Å². The Morgan fingerprint density at radius 3 is 2.50 bits per heavy atom. The molecule has 2 atom stereocenters. The molecule has 2 unspecified atom stereocenters. The molecule has 0 aromatic heterocycles. The van der Waals surface area contributed by atoms with Crippen molar-refractivity contribution in [2.75, 3.05) is 19.7 Å². The molecule has 0 radical (unpaired) electrons. The molecule has 1 aliphatic rings. The van der Waals surface area contributed by atoms with Crippen LogP contribution in [-0.4, -0.2) is 30.5 Å². The summed E-state index contributed by atoms with van der Waals surface area (Å²) in [5.41, 5.74) is 8.16. The second kappa shape index (κ2) is 8.08. The molecule has 2 N–H and O–H groups in total. The van der Waals surface area contributed by atoms with Crippen molar-refractivity contribution in [1.29, 1.82) is 0 Å². The van der Waals surface area contributed by atoms with Crippen molar-refractivity contribution in [1.82, 2.24) is 4.90 Å². The minimum absolute atomic E-state index is 0.00626. The fraction of sp³-hybridized carbons (Fsp3) is 0.350. The van der Waals surface area contributed by atoms with E-state index < -0.39 is 6.04 Å². The van der Waals surface area contributed by atoms with Crippen molar-refractivity contribution in [2.45, 2.75) is 19.1 Å². The number of carbonyl (C=O) groups excluding carboxylic acids is 1. The topological polar surface area (TPSA) is 55.6 Å². The van der Waals surface area contributed by atoms with Gasteiger partial charge in [-0.05, 0) is 17.5 Å². The predicted octanol–water partition coefficient (Wildman–Crippen LogP) is 2.75. The molecule has 1 aliphatic heterocycles. The van der Waals surface area contributed by atoms with E-state index in [0.29, 0.717) is 19.1 Å². The van der Waals surface area contributed by atoms with Gasteiger partial charge in [0.15, 0.2) is 0 Å². The molecule has 4 nitrogen and oxygen atoms in total. The Balaban J connectivity index is 1.45. The molecule has 2 aromatic carbocycles. The van der Waals surface area contributed by atoms with Crippen molar-refractivity contribution in [3.05, 3.63) is 71.8 Å². The van der Waals surface area contributed by atoms with Crippen molar-refractivity contribution >= 4 is 5.91 Å². The Hall–Kier alpha value is -2.17. The number of hydrogen-bond donors (Lipinski definition) is 1. The SMILES string of the molecule is NC(C(=O)N1CCC(COCc2ccccc2)C1)c1ccccc1. The van der Waals surface area contributed by atoms with E-state index in [9.17, 15) is 4.79 Å². The van der Waals surface area contributed by atoms with Gasteiger partial charge in [0.2, 0.25) is 5.91 Å². The summed E-state index contributed by atoms with van der Waals surface area (Å²) in [5.74, 6) is 0.396. The normalized spacial score (nSPS) is 18.5. The maximum atomic E-state index is 12.5. The minimum atomic E-state index is -0.574. The van der Waals surface area contributed by atoms with Crippen LogP contribution in [0.4, 0.5) is 0 Å². The molecule has 1 heterocycles. The van der Waals surface area contributed by atoms with Gasteiger partial charge in [-0.15, -0.1) is 0 Å². The standard InChI is InChI=1S/C20H24N2O2/c21-19(18-9-5-2-6-10-18)20(23)22-12-11-17(13-22)15-24-14-16-7-3-1-4-8-16/h1-10,17,19H,11-15,21H2. The molecular weight excluding hydrogens is 300 g/mol. The monoisotopic (exact) mass is 324 g/mol. The molecular formula is C20H24N2O2. The van der Waals surface area contributed by atoms with E-state index in [1.165, 1.54) is 5.56 Å². The average Bonchev–Trinajstić information content (AvgIpc) is 3.11. The van der Waals surface area contributed by atoms with E-state index in [1.807, 2.05) is 53.4 Å². The number of hydrogen-bond acceptors (Lipinski definition) is 3. The quantitative estimate of drug-likeness (QED) is 0.889. The van der Waals surface area contributed by atoms with Crippen LogP contribution in [0.5, 0.6) is 0 Å². The Bertz CT molecular complexity index is 645. The third-order valence-corrected chi connectivity index (χ3v) is 4.49. The molecule has 4 heteroatoms. The molecule has 0 spiro atoms. The second-order valence-corrected chi connectivity index (χ2v) is 6.33. The predicted molar refractivity (Wildman–Crippen MR) is 94.2 cm³/mol. The van der Waals surface area contributed by atoms with Gasteiger partial charge in [0, 0.05) is 19.0 Å². The summed E-state index contributed by atoms with van der Waals surface area (Å²) in [7, 11) is 0. The van der Waals surface area contributed by atoms with Crippen LogP contribution in [-0.2, 0) is 16.1 Å². The number of nitrogens with zero attached hydrogens (tertiary/aromatic N) is 1. The Morgan fingerprint density at radius 2 is 1.79 bits per heavy atom. The van der Waals surface area contributed by atoms with Crippen LogP contribution in [0.2, 0.25) is 0 Å². The highest BCUT2D eigenvalue weighted by Gasteiger charge is 2.29. The molecule has 1 amide bonds. The van der Waals surface area contributed by atoms with Gasteiger partial charge in [-0.3, -0.25) is 4.79 Å². The summed E-state index contributed by atoms with van der Waals surface area (Å²) >= 11 is 0. The second-order valence-electron chi connectivity index (χ2n) is 6.33. The van der Waals surface area contributed by atoms with E-state index in [1.54, 1.807) is 0 Å². The number of rotatable bonds is 6. The lowest BCUT2D eigenvalue weighted by molar-refractivity contribution is -0.131. The van der Waals surface area contributed by atoms with Crippen molar-refractivity contribution in [3.63, 3.8) is 0 Å². The van der Waals surface area contributed by atoms with Gasteiger partial charge < -0.3 is 15.4 Å². The molecule has 3 rings (SSSR count). The van der Waals surface area contributed by atoms with Crippen LogP contribution < -0.4 is 5.73 Å². The zero-order valence-corrected chi connectivity index (χ0v) is 13.8. The third kappa shape index (κ3) is 4.22. The van der Waals surface area contributed by atoms with Gasteiger partial charge in [0.25, 0.3) is 0 Å². The number of ether oxygens (including phenoxy) is 1. The summed E-state index contributed by atoms with van der Waals surface area (Å²) in [5, 5.41) is 0. The summed E-state index contributed by atoms with van der Waals surface area (Å²) in [4.78, 5) is 14.4. The first kappa shape index (κ1) is 16.7. The van der Waals surface area contributed by atoms with Crippen LogP contribution >= 0.6 is 0 Å². The first-order chi connectivity index (χ1) is 11.7. The third-order valence-electron chi connectivity index (χ3n) is 4.49. The van der Waals surface area contributed by atoms with E-state index in [0.717, 1.165) is 25.1 Å². The van der Waals surface area contributed by atoms with Crippen LogP contribution in [0.25, 0.3) is 0 Å². The van der Waals surface area contributed by atoms with Crippen molar-refractivity contribution in [3.8, 4) is 0 Å². The van der Waals surface area contributed by atoms with Gasteiger partial charge in [-0.2, -0.15) is 0 Å². The zero-order chi connectivity index (χ0) is 16.8. The Morgan fingerprint density at radius 1 is 1.12 bits per heavy atom. The van der Waals surface area contributed by atoms with Gasteiger partial charge in [-0.25, -0.2) is 0 Å². The van der Waals surface area contributed by atoms with Crippen molar-refractivity contribution < 1.29 is 9.53 Å². The number of carbonyl (C=O) groups is 1. The number of nitrogens with two attached hydrogens (primary N) is 1. The number of amides is 1. The fourth-order valence-corrected chi connectivity index (χ4v) is 3.09. The van der Waals surface area contributed by atoms with Crippen LogP contribution in [0.3, 0.4) is 0 Å². The maximum Gasteiger partial charge on any atom is 0.244 e. The highest BCUT2D eigenvalue weighted by molar-refractivity contribution is 5.83. The van der Waals surface area contributed by atoms with Crippen LogP contribution in [0.15, 0.2) is 60.7 Å². The molecule has 126 valence electrons. The number of likely N-dealkylation sites (tertiary alicyclic amines) is 1. The smallest absolute Gasteiger partial charge is 0.244 e. The van der Waals surface area contributed by atoms with E-state index in [-0.39, 0.29) is 5.91 Å². The first-order valence-electron chi connectivity index (χ1n) is 8.45. The Labute approximate surface area is 143 Å². The summed E-state index contributed by atoms with van der Waals surface area (Å²) in [6, 6.07) is 19.1. The largest absolute Gasteiger partial charge is 0.376 e. The van der Waals surface area contributed by atoms with E-state index in [4.69, 9.17) is 10.5 Å². The molecule has 24 heavy (non-hydrogen) atoms. The summed E-state index contributed by atoms with van der Waals surface area (Å²) < 4.78 is 5.81. The lowest BCUT2D eigenvalue weighted by atomic mass is 10.1. The minimum Gasteiger partial charge on any atom is -0.376 e. The molecule has 0 aliphatic carbocycles. The number of benzene rings is 2. The van der Waals surface area contributed by atoms with Crippen molar-refractivity contribution in [2.24, 2.45) is 11.7 Å². The van der Waals surface area contributed by atoms with Gasteiger partial charge >= 0.3 is 0 Å². The maximum absolute atomic E-state index is 12.5. The van der Waals surface area contributed by atoms with E-state index >= 15 is 0 Å². The van der Waals surface area contributed by atoms with Crippen LogP contribution in [0.1, 0.15) is 23.6 Å². The fourth-order valence-electron chi connectivity index (χ4n) is 3.09. The molecule has 0 bridgehead atoms. The van der Waals surface area contributed by atoms with Gasteiger partial charge in [0.05, 0.1) is 13.2 Å². The lowest BCUT2D eigenvalue weighted by Gasteiger charge is -2.21. The van der Waals surface area contributed by atoms with Gasteiger partial charge in [0.1, 0.15) is 6.04 Å². The average molecular weight is 324 g/mol. The summed E-state index contributed by atoms with van der Waals surface area (Å²) in [6.07, 6.45) is 0.974. The molecule has 2 aromatic rings. The van der Waals surface area contributed by atoms with Gasteiger partial charge in [-0.1, -0.05) is 60.7 Å². The molecule has 1 fully saturated rings. The molecule has 0 saturated carbocycles. The molecule has 1 saturated heterocycles. The Kier molecular flexibility index (Phi) is 5.62. The zero-order valence-electron chi connectivity index (χ0n) is 13.8. The highest BCUT2D eigenvalue weighted by Crippen LogP contribution is 2.21.